The number of carbonyl (C=O) groups excluding carboxylic acids is 1. The van der Waals surface area contributed by atoms with Gasteiger partial charge in [0.2, 0.25) is 0 Å². The third kappa shape index (κ3) is 4.86. The summed E-state index contributed by atoms with van der Waals surface area (Å²) in [5.74, 6) is 2.63. The zero-order valence-electron chi connectivity index (χ0n) is 12.3. The van der Waals surface area contributed by atoms with Crippen LogP contribution in [0.3, 0.4) is 0 Å². The van der Waals surface area contributed by atoms with E-state index in [1.54, 1.807) is 18.0 Å². The van der Waals surface area contributed by atoms with Crippen molar-refractivity contribution in [3.05, 3.63) is 53.5 Å². The van der Waals surface area contributed by atoms with Crippen molar-refractivity contribution < 1.29 is 9.21 Å². The number of anilines is 1. The molecule has 2 rings (SSSR count). The number of hydrogen-bond donors (Lipinski definition) is 2. The molecular weight excluding hydrogens is 284 g/mol. The predicted molar refractivity (Wildman–Crippen MR) is 87.8 cm³/mol. The van der Waals surface area contributed by atoms with Crippen molar-refractivity contribution >= 4 is 23.5 Å². The molecule has 21 heavy (non-hydrogen) atoms. The van der Waals surface area contributed by atoms with Gasteiger partial charge in [0.15, 0.2) is 0 Å². The van der Waals surface area contributed by atoms with Crippen LogP contribution in [0, 0.1) is 13.8 Å². The number of rotatable bonds is 6. The molecule has 0 aliphatic heterocycles. The van der Waals surface area contributed by atoms with Crippen LogP contribution in [0.5, 0.6) is 0 Å². The van der Waals surface area contributed by atoms with Crippen molar-refractivity contribution in [3.8, 4) is 0 Å². The highest BCUT2D eigenvalue weighted by Crippen LogP contribution is 2.19. The molecule has 2 N–H and O–H groups in total. The Labute approximate surface area is 129 Å². The molecule has 4 nitrogen and oxygen atoms in total. The lowest BCUT2D eigenvalue weighted by atomic mass is 10.1. The number of benzene rings is 1. The molecule has 0 fully saturated rings. The first kappa shape index (κ1) is 15.5. The Hall–Kier alpha value is -1.88. The van der Waals surface area contributed by atoms with Gasteiger partial charge in [-0.3, -0.25) is 0 Å². The quantitative estimate of drug-likeness (QED) is 0.794. The second-order valence-corrected chi connectivity index (χ2v) is 5.88. The van der Waals surface area contributed by atoms with E-state index in [0.717, 1.165) is 34.1 Å². The summed E-state index contributed by atoms with van der Waals surface area (Å²) < 4.78 is 5.25. The molecule has 2 aromatic rings. The number of amides is 2. The second kappa shape index (κ2) is 7.78. The molecule has 0 radical (unpaired) electrons. The molecule has 0 saturated carbocycles. The Kier molecular flexibility index (Phi) is 5.75. The van der Waals surface area contributed by atoms with E-state index in [1.807, 2.05) is 44.2 Å². The van der Waals surface area contributed by atoms with E-state index in [9.17, 15) is 4.79 Å². The number of para-hydroxylation sites is 1. The zero-order chi connectivity index (χ0) is 15.1. The smallest absolute Gasteiger partial charge is 0.319 e. The Balaban J connectivity index is 1.68. The average molecular weight is 304 g/mol. The standard InChI is InChI=1S/C16H20N2O2S/c1-12-5-3-6-13(2)15(12)18-16(19)17-8-10-21-11-14-7-4-9-20-14/h3-7,9H,8,10-11H2,1-2H3,(H2,17,18,19). The summed E-state index contributed by atoms with van der Waals surface area (Å²) in [4.78, 5) is 11.9. The summed E-state index contributed by atoms with van der Waals surface area (Å²) in [6, 6.07) is 9.63. The number of urea groups is 1. The van der Waals surface area contributed by atoms with Crippen LogP contribution in [0.1, 0.15) is 16.9 Å². The van der Waals surface area contributed by atoms with Gasteiger partial charge in [-0.25, -0.2) is 4.79 Å². The molecule has 0 aliphatic carbocycles. The highest BCUT2D eigenvalue weighted by molar-refractivity contribution is 7.98. The van der Waals surface area contributed by atoms with Crippen molar-refractivity contribution in [1.82, 2.24) is 5.32 Å². The molecule has 0 unspecified atom stereocenters. The first-order chi connectivity index (χ1) is 10.2. The maximum Gasteiger partial charge on any atom is 0.319 e. The summed E-state index contributed by atoms with van der Waals surface area (Å²) in [6.45, 7) is 4.60. The van der Waals surface area contributed by atoms with Gasteiger partial charge in [0.25, 0.3) is 0 Å². The van der Waals surface area contributed by atoms with Gasteiger partial charge in [0.05, 0.1) is 12.0 Å². The summed E-state index contributed by atoms with van der Waals surface area (Å²) in [5.41, 5.74) is 3.02. The second-order valence-electron chi connectivity index (χ2n) is 4.78. The van der Waals surface area contributed by atoms with Crippen LogP contribution in [0.15, 0.2) is 41.0 Å². The number of carbonyl (C=O) groups is 1. The number of thioether (sulfide) groups is 1. The highest BCUT2D eigenvalue weighted by Gasteiger charge is 2.06. The van der Waals surface area contributed by atoms with Crippen LogP contribution in [0.2, 0.25) is 0 Å². The normalized spacial score (nSPS) is 10.4. The minimum atomic E-state index is -0.161. The lowest BCUT2D eigenvalue weighted by Crippen LogP contribution is -2.31. The molecule has 112 valence electrons. The Morgan fingerprint density at radius 3 is 2.62 bits per heavy atom. The van der Waals surface area contributed by atoms with Gasteiger partial charge in [0.1, 0.15) is 5.76 Å². The first-order valence-electron chi connectivity index (χ1n) is 6.88. The summed E-state index contributed by atoms with van der Waals surface area (Å²) in [7, 11) is 0. The summed E-state index contributed by atoms with van der Waals surface area (Å²) >= 11 is 1.73. The molecule has 5 heteroatoms. The zero-order valence-corrected chi connectivity index (χ0v) is 13.1. The van der Waals surface area contributed by atoms with E-state index in [4.69, 9.17) is 4.42 Å². The van der Waals surface area contributed by atoms with Gasteiger partial charge >= 0.3 is 6.03 Å². The minimum absolute atomic E-state index is 0.161. The molecule has 0 atom stereocenters. The van der Waals surface area contributed by atoms with Crippen molar-refractivity contribution in [2.24, 2.45) is 0 Å². The van der Waals surface area contributed by atoms with Gasteiger partial charge in [-0.2, -0.15) is 11.8 Å². The van der Waals surface area contributed by atoms with Gasteiger partial charge in [-0.05, 0) is 37.1 Å². The maximum atomic E-state index is 11.9. The monoisotopic (exact) mass is 304 g/mol. The van der Waals surface area contributed by atoms with Crippen LogP contribution in [-0.4, -0.2) is 18.3 Å². The van der Waals surface area contributed by atoms with Gasteiger partial charge in [-0.15, -0.1) is 0 Å². The fraction of sp³-hybridized carbons (Fsp3) is 0.312. The molecule has 1 heterocycles. The highest BCUT2D eigenvalue weighted by atomic mass is 32.2. The van der Waals surface area contributed by atoms with E-state index < -0.39 is 0 Å². The fourth-order valence-corrected chi connectivity index (χ4v) is 2.73. The van der Waals surface area contributed by atoms with Crippen molar-refractivity contribution in [2.45, 2.75) is 19.6 Å². The van der Waals surface area contributed by atoms with Gasteiger partial charge in [0, 0.05) is 18.0 Å². The number of nitrogens with one attached hydrogen (secondary N) is 2. The molecule has 0 saturated heterocycles. The number of hydrogen-bond acceptors (Lipinski definition) is 3. The van der Waals surface area contributed by atoms with Crippen LogP contribution in [0.4, 0.5) is 10.5 Å². The molecule has 0 spiro atoms. The lowest BCUT2D eigenvalue weighted by Gasteiger charge is -2.12. The topological polar surface area (TPSA) is 54.3 Å². The molecular formula is C16H20N2O2S. The predicted octanol–water partition coefficient (Wildman–Crippen LogP) is 3.95. The van der Waals surface area contributed by atoms with Crippen LogP contribution in [0.25, 0.3) is 0 Å². The van der Waals surface area contributed by atoms with Crippen LogP contribution < -0.4 is 10.6 Å². The van der Waals surface area contributed by atoms with Gasteiger partial charge < -0.3 is 15.1 Å². The summed E-state index contributed by atoms with van der Waals surface area (Å²) in [5, 5.41) is 5.77. The first-order valence-corrected chi connectivity index (χ1v) is 8.03. The third-order valence-corrected chi connectivity index (χ3v) is 4.06. The molecule has 1 aromatic carbocycles. The fourth-order valence-electron chi connectivity index (χ4n) is 1.97. The number of aryl methyl sites for hydroxylation is 2. The molecule has 1 aromatic heterocycles. The minimum Gasteiger partial charge on any atom is -0.468 e. The SMILES string of the molecule is Cc1cccc(C)c1NC(=O)NCCSCc1ccco1. The van der Waals surface area contributed by atoms with Crippen LogP contribution in [-0.2, 0) is 5.75 Å². The Morgan fingerprint density at radius 1 is 1.19 bits per heavy atom. The largest absolute Gasteiger partial charge is 0.468 e. The Morgan fingerprint density at radius 2 is 1.95 bits per heavy atom. The number of furan rings is 1. The van der Waals surface area contributed by atoms with Gasteiger partial charge in [-0.1, -0.05) is 18.2 Å². The average Bonchev–Trinajstić information content (AvgIpc) is 2.96. The Bertz CT molecular complexity index is 562. The van der Waals surface area contributed by atoms with E-state index >= 15 is 0 Å². The van der Waals surface area contributed by atoms with Crippen molar-refractivity contribution in [2.75, 3.05) is 17.6 Å². The summed E-state index contributed by atoms with van der Waals surface area (Å²) in [6.07, 6.45) is 1.67. The maximum absolute atomic E-state index is 11.9. The van der Waals surface area contributed by atoms with E-state index in [0.29, 0.717) is 6.54 Å². The van der Waals surface area contributed by atoms with Crippen molar-refractivity contribution in [3.63, 3.8) is 0 Å². The van der Waals surface area contributed by atoms with Crippen molar-refractivity contribution in [1.29, 1.82) is 0 Å². The third-order valence-electron chi connectivity index (χ3n) is 3.08. The van der Waals surface area contributed by atoms with E-state index in [2.05, 4.69) is 10.6 Å². The molecule has 0 bridgehead atoms. The van der Waals surface area contributed by atoms with E-state index in [1.165, 1.54) is 0 Å². The lowest BCUT2D eigenvalue weighted by molar-refractivity contribution is 0.252. The van der Waals surface area contributed by atoms with Crippen LogP contribution >= 0.6 is 11.8 Å². The molecule has 2 amide bonds. The molecule has 0 aliphatic rings. The van der Waals surface area contributed by atoms with E-state index in [-0.39, 0.29) is 6.03 Å².